The van der Waals surface area contributed by atoms with E-state index in [9.17, 15) is 21.6 Å². The molecule has 0 radical (unpaired) electrons. The Kier molecular flexibility index (Phi) is 3.17. The zero-order valence-electron chi connectivity index (χ0n) is 7.67. The second kappa shape index (κ2) is 3.92. The van der Waals surface area contributed by atoms with Crippen molar-refractivity contribution >= 4 is 10.1 Å². The molecule has 0 saturated carbocycles. The molecule has 0 bridgehead atoms. The van der Waals surface area contributed by atoms with Crippen LogP contribution in [0.2, 0.25) is 0 Å². The highest BCUT2D eigenvalue weighted by Crippen LogP contribution is 2.30. The van der Waals surface area contributed by atoms with Crippen molar-refractivity contribution in [3.05, 3.63) is 11.5 Å². The van der Waals surface area contributed by atoms with Crippen LogP contribution in [-0.2, 0) is 14.3 Å². The molecular formula is C7H10F3NO3S. The van der Waals surface area contributed by atoms with E-state index in [2.05, 4.69) is 4.18 Å². The van der Waals surface area contributed by atoms with Gasteiger partial charge >= 0.3 is 15.6 Å². The number of hydrogen-bond donors (Lipinski definition) is 1. The summed E-state index contributed by atoms with van der Waals surface area (Å²) in [6.07, 6.45) is 1.79. The molecule has 0 aromatic carbocycles. The Balaban J connectivity index is 2.87. The van der Waals surface area contributed by atoms with E-state index in [0.717, 1.165) is 6.42 Å². The molecule has 0 amide bonds. The smallest absolute Gasteiger partial charge is 0.399 e. The van der Waals surface area contributed by atoms with Gasteiger partial charge in [0, 0.05) is 12.1 Å². The third-order valence-corrected chi connectivity index (χ3v) is 2.94. The van der Waals surface area contributed by atoms with E-state index in [1.807, 2.05) is 0 Å². The van der Waals surface area contributed by atoms with Crippen molar-refractivity contribution in [2.45, 2.75) is 31.2 Å². The Bertz CT molecular complexity index is 371. The Morgan fingerprint density at radius 1 is 1.20 bits per heavy atom. The number of alkyl halides is 3. The minimum Gasteiger partial charge on any atom is -0.399 e. The highest BCUT2D eigenvalue weighted by Gasteiger charge is 2.49. The van der Waals surface area contributed by atoms with Crippen molar-refractivity contribution in [2.75, 3.05) is 0 Å². The van der Waals surface area contributed by atoms with Gasteiger partial charge in [-0.05, 0) is 19.3 Å². The molecular weight excluding hydrogens is 235 g/mol. The molecule has 1 rings (SSSR count). The topological polar surface area (TPSA) is 69.4 Å². The molecule has 0 aliphatic heterocycles. The van der Waals surface area contributed by atoms with Crippen LogP contribution in [0.5, 0.6) is 0 Å². The summed E-state index contributed by atoms with van der Waals surface area (Å²) >= 11 is 0. The van der Waals surface area contributed by atoms with Crippen LogP contribution < -0.4 is 5.73 Å². The fourth-order valence-electron chi connectivity index (χ4n) is 1.18. The molecule has 15 heavy (non-hydrogen) atoms. The molecule has 0 spiro atoms. The number of halogens is 3. The number of nitrogens with two attached hydrogens (primary N) is 1. The van der Waals surface area contributed by atoms with E-state index in [1.54, 1.807) is 0 Å². The summed E-state index contributed by atoms with van der Waals surface area (Å²) < 4.78 is 61.0. The minimum absolute atomic E-state index is 0.0778. The van der Waals surface area contributed by atoms with E-state index in [1.165, 1.54) is 0 Å². The molecule has 2 N–H and O–H groups in total. The molecule has 0 aromatic rings. The number of rotatable bonds is 2. The summed E-state index contributed by atoms with van der Waals surface area (Å²) in [4.78, 5) is 0. The lowest BCUT2D eigenvalue weighted by atomic mass is 10.0. The molecule has 0 unspecified atom stereocenters. The van der Waals surface area contributed by atoms with Gasteiger partial charge in [-0.1, -0.05) is 0 Å². The van der Waals surface area contributed by atoms with E-state index < -0.39 is 15.6 Å². The normalized spacial score (nSPS) is 19.1. The van der Waals surface area contributed by atoms with Crippen LogP contribution in [0.25, 0.3) is 0 Å². The number of allylic oxidation sites excluding steroid dienone is 2. The van der Waals surface area contributed by atoms with Crippen LogP contribution in [0.3, 0.4) is 0 Å². The van der Waals surface area contributed by atoms with E-state index >= 15 is 0 Å². The fraction of sp³-hybridized carbons (Fsp3) is 0.714. The Hall–Kier alpha value is -0.920. The van der Waals surface area contributed by atoms with Crippen LogP contribution in [0.15, 0.2) is 11.5 Å². The van der Waals surface area contributed by atoms with Gasteiger partial charge in [-0.3, -0.25) is 0 Å². The standard InChI is InChI=1S/C7H10F3NO3S/c8-7(9,10)15(12,13)14-6-4-2-1-3-5(6)11/h1-4,11H2. The van der Waals surface area contributed by atoms with Crippen LogP contribution >= 0.6 is 0 Å². The van der Waals surface area contributed by atoms with Gasteiger partial charge in [0.2, 0.25) is 0 Å². The monoisotopic (exact) mass is 245 g/mol. The average molecular weight is 245 g/mol. The second-order valence-corrected chi connectivity index (χ2v) is 4.68. The third-order valence-electron chi connectivity index (χ3n) is 1.95. The van der Waals surface area contributed by atoms with Crippen LogP contribution in [0.1, 0.15) is 25.7 Å². The molecule has 1 aliphatic carbocycles. The molecule has 88 valence electrons. The zero-order chi connectivity index (χ0) is 11.7. The zero-order valence-corrected chi connectivity index (χ0v) is 8.49. The summed E-state index contributed by atoms with van der Waals surface area (Å²) in [5, 5.41) is 0. The van der Waals surface area contributed by atoms with Crippen molar-refractivity contribution in [1.29, 1.82) is 0 Å². The maximum Gasteiger partial charge on any atom is 0.534 e. The predicted octanol–water partition coefficient (Wildman–Crippen LogP) is 1.60. The minimum atomic E-state index is -5.57. The maximum absolute atomic E-state index is 11.9. The summed E-state index contributed by atoms with van der Waals surface area (Å²) in [5.41, 5.74) is 0.0251. The van der Waals surface area contributed by atoms with Crippen molar-refractivity contribution < 1.29 is 25.8 Å². The van der Waals surface area contributed by atoms with Gasteiger partial charge in [-0.15, -0.1) is 0 Å². The first-order valence-corrected chi connectivity index (χ1v) is 5.63. The van der Waals surface area contributed by atoms with Gasteiger partial charge in [-0.25, -0.2) is 0 Å². The molecule has 0 saturated heterocycles. The largest absolute Gasteiger partial charge is 0.534 e. The summed E-state index contributed by atoms with van der Waals surface area (Å²) in [7, 11) is -5.57. The maximum atomic E-state index is 11.9. The van der Waals surface area contributed by atoms with E-state index in [-0.39, 0.29) is 17.9 Å². The number of hydrogen-bond acceptors (Lipinski definition) is 4. The lowest BCUT2D eigenvalue weighted by Crippen LogP contribution is -2.26. The SMILES string of the molecule is NC1=C(OS(=O)(=O)C(F)(F)F)CCCC1. The molecule has 0 fully saturated rings. The van der Waals surface area contributed by atoms with Crippen molar-refractivity contribution in [1.82, 2.24) is 0 Å². The first kappa shape index (κ1) is 12.2. The summed E-state index contributed by atoms with van der Waals surface area (Å²) in [5.74, 6) is -0.279. The quantitative estimate of drug-likeness (QED) is 0.592. The lowest BCUT2D eigenvalue weighted by Gasteiger charge is -2.18. The van der Waals surface area contributed by atoms with Crippen molar-refractivity contribution in [3.63, 3.8) is 0 Å². The second-order valence-electron chi connectivity index (χ2n) is 3.14. The van der Waals surface area contributed by atoms with Crippen LogP contribution in [0.4, 0.5) is 13.2 Å². The lowest BCUT2D eigenvalue weighted by molar-refractivity contribution is -0.0524. The average Bonchev–Trinajstić information content (AvgIpc) is 2.06. The molecule has 0 aromatic heterocycles. The Labute approximate surface area is 85.0 Å². The highest BCUT2D eigenvalue weighted by molar-refractivity contribution is 7.87. The molecule has 0 atom stereocenters. The Morgan fingerprint density at radius 2 is 1.73 bits per heavy atom. The van der Waals surface area contributed by atoms with Crippen LogP contribution in [0, 0.1) is 0 Å². The van der Waals surface area contributed by atoms with Gasteiger partial charge in [0.15, 0.2) is 0 Å². The van der Waals surface area contributed by atoms with E-state index in [0.29, 0.717) is 12.8 Å². The van der Waals surface area contributed by atoms with Gasteiger partial charge in [-0.2, -0.15) is 21.6 Å². The van der Waals surface area contributed by atoms with E-state index in [4.69, 9.17) is 5.73 Å². The molecule has 1 aliphatic rings. The molecule has 4 nitrogen and oxygen atoms in total. The van der Waals surface area contributed by atoms with Crippen LogP contribution in [-0.4, -0.2) is 13.9 Å². The first-order chi connectivity index (χ1) is 6.74. The van der Waals surface area contributed by atoms with Gasteiger partial charge in [0.25, 0.3) is 0 Å². The highest BCUT2D eigenvalue weighted by atomic mass is 32.2. The molecule has 8 heteroatoms. The fourth-order valence-corrected chi connectivity index (χ4v) is 1.73. The van der Waals surface area contributed by atoms with Crippen molar-refractivity contribution in [3.8, 4) is 0 Å². The Morgan fingerprint density at radius 3 is 2.20 bits per heavy atom. The van der Waals surface area contributed by atoms with Crippen molar-refractivity contribution in [2.24, 2.45) is 5.73 Å². The van der Waals surface area contributed by atoms with Gasteiger partial charge < -0.3 is 9.92 Å². The van der Waals surface area contributed by atoms with Gasteiger partial charge in [0.1, 0.15) is 5.76 Å². The molecule has 0 heterocycles. The summed E-state index contributed by atoms with van der Waals surface area (Å²) in [6.45, 7) is 0. The third kappa shape index (κ3) is 2.77. The predicted molar refractivity (Wildman–Crippen MR) is 45.7 cm³/mol. The summed E-state index contributed by atoms with van der Waals surface area (Å²) in [6, 6.07) is 0. The first-order valence-electron chi connectivity index (χ1n) is 4.22. The van der Waals surface area contributed by atoms with Gasteiger partial charge in [0.05, 0.1) is 0 Å².